The number of phenolic OH excluding ortho intramolecular Hbond substituents is 2. The van der Waals surface area contributed by atoms with Gasteiger partial charge in [-0.1, -0.05) is 0 Å². The van der Waals surface area contributed by atoms with Crippen LogP contribution in [0.2, 0.25) is 0 Å². The van der Waals surface area contributed by atoms with Crippen LogP contribution in [0.15, 0.2) is 35.0 Å². The Balaban J connectivity index is 1.93. The molecule has 0 spiro atoms. The molecule has 0 atom stereocenters. The Kier molecular flexibility index (Phi) is 3.84. The highest BCUT2D eigenvalue weighted by Crippen LogP contribution is 2.21. The van der Waals surface area contributed by atoms with Crippen LogP contribution in [0.5, 0.6) is 11.5 Å². The van der Waals surface area contributed by atoms with Crippen LogP contribution in [-0.4, -0.2) is 22.7 Å². The van der Waals surface area contributed by atoms with Gasteiger partial charge in [0.15, 0.2) is 0 Å². The molecule has 4 nitrogen and oxygen atoms in total. The van der Waals surface area contributed by atoms with Gasteiger partial charge < -0.3 is 15.5 Å². The molecule has 18 heavy (non-hydrogen) atoms. The highest BCUT2D eigenvalue weighted by atomic mass is 32.1. The molecule has 1 aromatic carbocycles. The van der Waals surface area contributed by atoms with Crippen LogP contribution in [0.25, 0.3) is 0 Å². The maximum Gasteiger partial charge on any atom is 0.255 e. The van der Waals surface area contributed by atoms with Crippen molar-refractivity contribution in [3.8, 4) is 11.5 Å². The molecule has 94 valence electrons. The first-order valence-corrected chi connectivity index (χ1v) is 6.42. The van der Waals surface area contributed by atoms with Crippen molar-refractivity contribution in [2.24, 2.45) is 0 Å². The van der Waals surface area contributed by atoms with Crippen LogP contribution in [0.3, 0.4) is 0 Å². The number of benzene rings is 1. The Labute approximate surface area is 109 Å². The van der Waals surface area contributed by atoms with E-state index in [0.29, 0.717) is 6.54 Å². The van der Waals surface area contributed by atoms with Gasteiger partial charge in [0.2, 0.25) is 0 Å². The van der Waals surface area contributed by atoms with Gasteiger partial charge in [0.1, 0.15) is 11.5 Å². The minimum atomic E-state index is -0.390. The monoisotopic (exact) mass is 263 g/mol. The van der Waals surface area contributed by atoms with Crippen molar-refractivity contribution in [1.29, 1.82) is 0 Å². The Morgan fingerprint density at radius 1 is 1.28 bits per heavy atom. The zero-order valence-corrected chi connectivity index (χ0v) is 10.4. The maximum absolute atomic E-state index is 11.8. The first kappa shape index (κ1) is 12.4. The lowest BCUT2D eigenvalue weighted by atomic mass is 10.1. The number of hydrogen-bond acceptors (Lipinski definition) is 4. The van der Waals surface area contributed by atoms with Crippen molar-refractivity contribution in [3.63, 3.8) is 0 Å². The fourth-order valence-corrected chi connectivity index (χ4v) is 2.26. The van der Waals surface area contributed by atoms with E-state index in [1.165, 1.54) is 23.8 Å². The SMILES string of the molecule is O=C(NCCc1ccsc1)c1cc(O)ccc1O. The summed E-state index contributed by atoms with van der Waals surface area (Å²) in [7, 11) is 0. The summed E-state index contributed by atoms with van der Waals surface area (Å²) in [6, 6.07) is 5.87. The molecule has 2 rings (SSSR count). The Morgan fingerprint density at radius 2 is 2.11 bits per heavy atom. The molecule has 5 heteroatoms. The van der Waals surface area contributed by atoms with E-state index >= 15 is 0 Å². The molecule has 0 fully saturated rings. The highest BCUT2D eigenvalue weighted by molar-refractivity contribution is 7.07. The predicted octanol–water partition coefficient (Wildman–Crippen LogP) is 2.13. The molecule has 0 bridgehead atoms. The second kappa shape index (κ2) is 5.55. The molecular weight excluding hydrogens is 250 g/mol. The van der Waals surface area contributed by atoms with Crippen molar-refractivity contribution in [2.45, 2.75) is 6.42 Å². The van der Waals surface area contributed by atoms with Crippen molar-refractivity contribution in [3.05, 3.63) is 46.2 Å². The number of hydrogen-bond donors (Lipinski definition) is 3. The van der Waals surface area contributed by atoms with Crippen molar-refractivity contribution >= 4 is 17.2 Å². The van der Waals surface area contributed by atoms with Crippen LogP contribution in [-0.2, 0) is 6.42 Å². The van der Waals surface area contributed by atoms with Gasteiger partial charge in [0.25, 0.3) is 5.91 Å². The van der Waals surface area contributed by atoms with Crippen LogP contribution in [0, 0.1) is 0 Å². The lowest BCUT2D eigenvalue weighted by Crippen LogP contribution is -2.25. The van der Waals surface area contributed by atoms with Crippen LogP contribution < -0.4 is 5.32 Å². The van der Waals surface area contributed by atoms with E-state index in [-0.39, 0.29) is 17.1 Å². The van der Waals surface area contributed by atoms with Gasteiger partial charge in [-0.25, -0.2) is 0 Å². The molecule has 0 aliphatic heterocycles. The summed E-state index contributed by atoms with van der Waals surface area (Å²) in [6.07, 6.45) is 0.745. The molecule has 1 aromatic heterocycles. The van der Waals surface area contributed by atoms with Gasteiger partial charge in [-0.15, -0.1) is 0 Å². The Morgan fingerprint density at radius 3 is 2.83 bits per heavy atom. The van der Waals surface area contributed by atoms with E-state index in [2.05, 4.69) is 5.32 Å². The van der Waals surface area contributed by atoms with Crippen LogP contribution in [0.4, 0.5) is 0 Å². The standard InChI is InChI=1S/C13H13NO3S/c15-10-1-2-12(16)11(7-10)13(17)14-5-3-9-4-6-18-8-9/h1-2,4,6-8,15-16H,3,5H2,(H,14,17). The van der Waals surface area contributed by atoms with Gasteiger partial charge in [-0.3, -0.25) is 4.79 Å². The molecule has 3 N–H and O–H groups in total. The van der Waals surface area contributed by atoms with Crippen LogP contribution >= 0.6 is 11.3 Å². The summed E-state index contributed by atoms with van der Waals surface area (Å²) in [5.41, 5.74) is 1.25. The third-order valence-corrected chi connectivity index (χ3v) is 3.24. The van der Waals surface area contributed by atoms with E-state index in [1.54, 1.807) is 11.3 Å². The molecule has 0 saturated carbocycles. The van der Waals surface area contributed by atoms with E-state index in [0.717, 1.165) is 6.42 Å². The summed E-state index contributed by atoms with van der Waals surface area (Å²) in [5.74, 6) is -0.574. The van der Waals surface area contributed by atoms with Crippen molar-refractivity contribution in [1.82, 2.24) is 5.32 Å². The van der Waals surface area contributed by atoms with Crippen molar-refractivity contribution in [2.75, 3.05) is 6.54 Å². The van der Waals surface area contributed by atoms with Gasteiger partial charge in [-0.2, -0.15) is 11.3 Å². The largest absolute Gasteiger partial charge is 0.508 e. The fraction of sp³-hybridized carbons (Fsp3) is 0.154. The third kappa shape index (κ3) is 3.01. The second-order valence-electron chi connectivity index (χ2n) is 3.84. The zero-order valence-electron chi connectivity index (χ0n) is 9.59. The van der Waals surface area contributed by atoms with Crippen molar-refractivity contribution < 1.29 is 15.0 Å². The zero-order chi connectivity index (χ0) is 13.0. The first-order chi connectivity index (χ1) is 8.66. The van der Waals surface area contributed by atoms with Gasteiger partial charge in [-0.05, 0) is 47.0 Å². The summed E-state index contributed by atoms with van der Waals surface area (Å²) < 4.78 is 0. The molecule has 0 unspecified atom stereocenters. The van der Waals surface area contributed by atoms with E-state index in [1.807, 2.05) is 16.8 Å². The Bertz CT molecular complexity index is 537. The quantitative estimate of drug-likeness (QED) is 0.740. The summed E-state index contributed by atoms with van der Waals surface area (Å²) in [5, 5.41) is 25.5. The minimum absolute atomic E-state index is 0.0456. The smallest absolute Gasteiger partial charge is 0.255 e. The number of phenols is 2. The van der Waals surface area contributed by atoms with E-state index in [9.17, 15) is 15.0 Å². The average Bonchev–Trinajstić information content (AvgIpc) is 2.85. The average molecular weight is 263 g/mol. The minimum Gasteiger partial charge on any atom is -0.508 e. The predicted molar refractivity (Wildman–Crippen MR) is 70.1 cm³/mol. The number of amides is 1. The van der Waals surface area contributed by atoms with Crippen LogP contribution in [0.1, 0.15) is 15.9 Å². The number of rotatable bonds is 4. The molecule has 1 amide bonds. The fourth-order valence-electron chi connectivity index (χ4n) is 1.56. The van der Waals surface area contributed by atoms with Gasteiger partial charge in [0.05, 0.1) is 5.56 Å². The summed E-state index contributed by atoms with van der Waals surface area (Å²) in [4.78, 5) is 11.8. The number of nitrogens with one attached hydrogen (secondary N) is 1. The number of aromatic hydroxyl groups is 2. The molecule has 1 heterocycles. The van der Waals surface area contributed by atoms with Gasteiger partial charge >= 0.3 is 0 Å². The lowest BCUT2D eigenvalue weighted by Gasteiger charge is -2.06. The maximum atomic E-state index is 11.8. The molecular formula is C13H13NO3S. The Hall–Kier alpha value is -2.01. The second-order valence-corrected chi connectivity index (χ2v) is 4.62. The molecule has 0 radical (unpaired) electrons. The number of carbonyl (C=O) groups is 1. The van der Waals surface area contributed by atoms with E-state index < -0.39 is 5.91 Å². The molecule has 0 saturated heterocycles. The number of thiophene rings is 1. The van der Waals surface area contributed by atoms with Gasteiger partial charge in [0, 0.05) is 6.54 Å². The molecule has 0 aliphatic carbocycles. The molecule has 2 aromatic rings. The summed E-state index contributed by atoms with van der Waals surface area (Å²) >= 11 is 1.61. The number of carbonyl (C=O) groups excluding carboxylic acids is 1. The third-order valence-electron chi connectivity index (χ3n) is 2.50. The highest BCUT2D eigenvalue weighted by Gasteiger charge is 2.11. The van der Waals surface area contributed by atoms with E-state index in [4.69, 9.17) is 0 Å². The molecule has 0 aliphatic rings. The lowest BCUT2D eigenvalue weighted by molar-refractivity contribution is 0.0951. The normalized spacial score (nSPS) is 10.2. The first-order valence-electron chi connectivity index (χ1n) is 5.48. The topological polar surface area (TPSA) is 69.6 Å². The summed E-state index contributed by atoms with van der Waals surface area (Å²) in [6.45, 7) is 0.491.